The van der Waals surface area contributed by atoms with Gasteiger partial charge in [0.05, 0.1) is 24.7 Å². The van der Waals surface area contributed by atoms with Crippen molar-refractivity contribution < 1.29 is 9.53 Å². The molecular formula is C12H15N3O2. The predicted octanol–water partition coefficient (Wildman–Crippen LogP) is 1.63. The molecule has 1 aromatic heterocycles. The first-order valence-electron chi connectivity index (χ1n) is 5.44. The highest BCUT2D eigenvalue weighted by Crippen LogP contribution is 2.09. The van der Waals surface area contributed by atoms with E-state index in [1.807, 2.05) is 6.92 Å². The van der Waals surface area contributed by atoms with E-state index >= 15 is 0 Å². The number of carbonyl (C=O) groups excluding carboxylic acids is 1. The number of esters is 1. The molecular weight excluding hydrogens is 218 g/mol. The van der Waals surface area contributed by atoms with Gasteiger partial charge < -0.3 is 10.1 Å². The summed E-state index contributed by atoms with van der Waals surface area (Å²) in [6.07, 6.45) is 0.283. The van der Waals surface area contributed by atoms with E-state index in [4.69, 9.17) is 10.00 Å². The Morgan fingerprint density at radius 1 is 1.59 bits per heavy atom. The van der Waals surface area contributed by atoms with Gasteiger partial charge in [0.25, 0.3) is 0 Å². The van der Waals surface area contributed by atoms with Crippen LogP contribution in [0, 0.1) is 18.3 Å². The fourth-order valence-electron chi connectivity index (χ4n) is 1.35. The van der Waals surface area contributed by atoms with Gasteiger partial charge >= 0.3 is 5.97 Å². The van der Waals surface area contributed by atoms with Crippen molar-refractivity contribution in [1.29, 1.82) is 5.26 Å². The molecule has 1 heterocycles. The fraction of sp³-hybridized carbons (Fsp3) is 0.417. The summed E-state index contributed by atoms with van der Waals surface area (Å²) in [6.45, 7) is 4.42. The molecule has 17 heavy (non-hydrogen) atoms. The third kappa shape index (κ3) is 4.51. The van der Waals surface area contributed by atoms with Crippen molar-refractivity contribution in [3.63, 3.8) is 0 Å². The maximum absolute atomic E-state index is 11.1. The van der Waals surface area contributed by atoms with E-state index in [0.717, 1.165) is 5.69 Å². The number of nitrogens with one attached hydrogen (secondary N) is 1. The Morgan fingerprint density at radius 3 is 3.00 bits per heavy atom. The molecule has 0 aliphatic rings. The van der Waals surface area contributed by atoms with Crippen LogP contribution in [0.25, 0.3) is 0 Å². The monoisotopic (exact) mass is 233 g/mol. The molecule has 1 N–H and O–H groups in total. The molecule has 0 aliphatic carbocycles. The molecule has 0 saturated heterocycles. The molecule has 1 aromatic rings. The zero-order valence-corrected chi connectivity index (χ0v) is 9.99. The maximum atomic E-state index is 11.1. The van der Waals surface area contributed by atoms with Gasteiger partial charge in [-0.3, -0.25) is 4.79 Å². The summed E-state index contributed by atoms with van der Waals surface area (Å²) in [7, 11) is 0. The number of anilines is 1. The summed E-state index contributed by atoms with van der Waals surface area (Å²) >= 11 is 0. The lowest BCUT2D eigenvalue weighted by atomic mass is 10.2. The topological polar surface area (TPSA) is 75.0 Å². The quantitative estimate of drug-likeness (QED) is 0.782. The third-order valence-corrected chi connectivity index (χ3v) is 2.02. The number of hydrogen-bond acceptors (Lipinski definition) is 5. The summed E-state index contributed by atoms with van der Waals surface area (Å²) < 4.78 is 4.80. The second kappa shape index (κ2) is 6.48. The van der Waals surface area contributed by atoms with Crippen LogP contribution in [0.4, 0.5) is 5.82 Å². The van der Waals surface area contributed by atoms with Gasteiger partial charge in [-0.15, -0.1) is 0 Å². The van der Waals surface area contributed by atoms with Crippen molar-refractivity contribution in [2.45, 2.75) is 20.3 Å². The average molecular weight is 233 g/mol. The second-order valence-corrected chi connectivity index (χ2v) is 3.48. The van der Waals surface area contributed by atoms with Crippen molar-refractivity contribution in [2.75, 3.05) is 18.5 Å². The van der Waals surface area contributed by atoms with Crippen LogP contribution in [-0.2, 0) is 9.53 Å². The van der Waals surface area contributed by atoms with Crippen molar-refractivity contribution in [3.05, 3.63) is 23.4 Å². The largest absolute Gasteiger partial charge is 0.466 e. The molecule has 5 nitrogen and oxygen atoms in total. The van der Waals surface area contributed by atoms with Gasteiger partial charge in [-0.2, -0.15) is 5.26 Å². The SMILES string of the molecule is CCOC(=O)CCNc1cc(C#N)cc(C)n1. The van der Waals surface area contributed by atoms with E-state index in [1.165, 1.54) is 0 Å². The summed E-state index contributed by atoms with van der Waals surface area (Å²) in [5.41, 5.74) is 1.32. The van der Waals surface area contributed by atoms with Gasteiger partial charge in [0.2, 0.25) is 0 Å². The molecule has 0 spiro atoms. The fourth-order valence-corrected chi connectivity index (χ4v) is 1.35. The Bertz CT molecular complexity index is 438. The molecule has 0 atom stereocenters. The first kappa shape index (κ1) is 13.0. The lowest BCUT2D eigenvalue weighted by Crippen LogP contribution is -2.12. The third-order valence-electron chi connectivity index (χ3n) is 2.02. The number of aromatic nitrogens is 1. The molecule has 1 rings (SSSR count). The van der Waals surface area contributed by atoms with E-state index in [0.29, 0.717) is 24.5 Å². The zero-order valence-electron chi connectivity index (χ0n) is 9.99. The lowest BCUT2D eigenvalue weighted by Gasteiger charge is -2.06. The minimum atomic E-state index is -0.242. The van der Waals surface area contributed by atoms with E-state index in [-0.39, 0.29) is 12.4 Å². The molecule has 0 unspecified atom stereocenters. The first-order valence-corrected chi connectivity index (χ1v) is 5.44. The van der Waals surface area contributed by atoms with Crippen LogP contribution in [0.15, 0.2) is 12.1 Å². The number of rotatable bonds is 5. The van der Waals surface area contributed by atoms with Gasteiger partial charge in [0, 0.05) is 12.2 Å². The molecule has 5 heteroatoms. The van der Waals surface area contributed by atoms with Gasteiger partial charge in [-0.25, -0.2) is 4.98 Å². The van der Waals surface area contributed by atoms with E-state index in [1.54, 1.807) is 19.1 Å². The maximum Gasteiger partial charge on any atom is 0.307 e. The van der Waals surface area contributed by atoms with Crippen LogP contribution in [0.2, 0.25) is 0 Å². The number of nitriles is 1. The molecule has 0 bridgehead atoms. The highest BCUT2D eigenvalue weighted by Gasteiger charge is 2.03. The van der Waals surface area contributed by atoms with Gasteiger partial charge in [-0.1, -0.05) is 0 Å². The second-order valence-electron chi connectivity index (χ2n) is 3.48. The number of nitrogens with zero attached hydrogens (tertiary/aromatic N) is 2. The van der Waals surface area contributed by atoms with Crippen LogP contribution in [-0.4, -0.2) is 24.1 Å². The van der Waals surface area contributed by atoms with Crippen molar-refractivity contribution in [3.8, 4) is 6.07 Å². The first-order chi connectivity index (χ1) is 8.15. The number of carbonyl (C=O) groups is 1. The Labute approximate surface area is 100 Å². The van der Waals surface area contributed by atoms with E-state index in [9.17, 15) is 4.79 Å². The van der Waals surface area contributed by atoms with Gasteiger partial charge in [0.15, 0.2) is 0 Å². The summed E-state index contributed by atoms with van der Waals surface area (Å²) in [5.74, 6) is 0.360. The summed E-state index contributed by atoms with van der Waals surface area (Å²) in [4.78, 5) is 15.3. The van der Waals surface area contributed by atoms with Crippen LogP contribution < -0.4 is 5.32 Å². The summed E-state index contributed by atoms with van der Waals surface area (Å²) in [6, 6.07) is 5.41. The van der Waals surface area contributed by atoms with Crippen molar-refractivity contribution in [2.24, 2.45) is 0 Å². The highest BCUT2D eigenvalue weighted by atomic mass is 16.5. The number of aryl methyl sites for hydroxylation is 1. The smallest absolute Gasteiger partial charge is 0.307 e. The number of pyridine rings is 1. The molecule has 0 saturated carbocycles. The van der Waals surface area contributed by atoms with Crippen molar-refractivity contribution in [1.82, 2.24) is 4.98 Å². The number of ether oxygens (including phenoxy) is 1. The van der Waals surface area contributed by atoms with Gasteiger partial charge in [0.1, 0.15) is 5.82 Å². The van der Waals surface area contributed by atoms with Crippen LogP contribution in [0.1, 0.15) is 24.6 Å². The molecule has 0 aromatic carbocycles. The standard InChI is InChI=1S/C12H15N3O2/c1-3-17-12(16)4-5-14-11-7-10(8-13)6-9(2)15-11/h6-7H,3-5H2,1-2H3,(H,14,15). The minimum absolute atomic E-state index is 0.242. The molecule has 0 radical (unpaired) electrons. The Hall–Kier alpha value is -2.09. The Morgan fingerprint density at radius 2 is 2.35 bits per heavy atom. The van der Waals surface area contributed by atoms with Crippen LogP contribution in [0.5, 0.6) is 0 Å². The average Bonchev–Trinajstić information content (AvgIpc) is 2.28. The van der Waals surface area contributed by atoms with E-state index in [2.05, 4.69) is 16.4 Å². The van der Waals surface area contributed by atoms with Gasteiger partial charge in [-0.05, 0) is 26.0 Å². The molecule has 0 amide bonds. The Balaban J connectivity index is 2.50. The van der Waals surface area contributed by atoms with Crippen LogP contribution >= 0.6 is 0 Å². The van der Waals surface area contributed by atoms with Crippen LogP contribution in [0.3, 0.4) is 0 Å². The normalized spacial score (nSPS) is 9.47. The molecule has 0 aliphatic heterocycles. The minimum Gasteiger partial charge on any atom is -0.466 e. The zero-order chi connectivity index (χ0) is 12.7. The van der Waals surface area contributed by atoms with E-state index < -0.39 is 0 Å². The lowest BCUT2D eigenvalue weighted by molar-refractivity contribution is -0.142. The highest BCUT2D eigenvalue weighted by molar-refractivity contribution is 5.70. The number of hydrogen-bond donors (Lipinski definition) is 1. The van der Waals surface area contributed by atoms with Crippen molar-refractivity contribution >= 4 is 11.8 Å². The summed E-state index contributed by atoms with van der Waals surface area (Å²) in [5, 5.41) is 11.8. The molecule has 90 valence electrons. The molecule has 0 fully saturated rings. The Kier molecular flexibility index (Phi) is 4.95. The predicted molar refractivity (Wildman–Crippen MR) is 63.4 cm³/mol.